The highest BCUT2D eigenvalue weighted by atomic mass is 31.2. The van der Waals surface area contributed by atoms with Crippen LogP contribution in [0.4, 0.5) is 0 Å². The second-order valence-corrected chi connectivity index (χ2v) is 32.0. The molecular weight excluding hydrogens is 1250 g/mol. The van der Waals surface area contributed by atoms with Crippen LogP contribution in [0.2, 0.25) is 0 Å². The van der Waals surface area contributed by atoms with Gasteiger partial charge in [-0.2, -0.15) is 0 Å². The Kier molecular flexibility index (Phi) is 64.0. The van der Waals surface area contributed by atoms with Crippen LogP contribution in [-0.2, 0) is 65.4 Å². The molecule has 4 unspecified atom stereocenters. The van der Waals surface area contributed by atoms with E-state index in [0.717, 1.165) is 114 Å². The molecule has 0 bridgehead atoms. The first kappa shape index (κ1) is 93.1. The predicted octanol–water partition coefficient (Wildman–Crippen LogP) is 22.0. The monoisotopic (exact) mass is 1400 g/mol. The topological polar surface area (TPSA) is 237 Å². The molecule has 19 heteroatoms. The summed E-state index contributed by atoms with van der Waals surface area (Å²) in [5, 5.41) is 10.6. The third-order valence-corrected chi connectivity index (χ3v) is 19.8. The number of hydrogen-bond acceptors (Lipinski definition) is 15. The van der Waals surface area contributed by atoms with Crippen molar-refractivity contribution in [3.63, 3.8) is 0 Å². The summed E-state index contributed by atoms with van der Waals surface area (Å²) >= 11 is 0. The van der Waals surface area contributed by atoms with Crippen LogP contribution >= 0.6 is 15.6 Å². The fraction of sp³-hybridized carbons (Fsp3) is 0.947. The number of carbonyl (C=O) groups is 4. The summed E-state index contributed by atoms with van der Waals surface area (Å²) in [6, 6.07) is 0. The van der Waals surface area contributed by atoms with Crippen LogP contribution in [0.1, 0.15) is 383 Å². The van der Waals surface area contributed by atoms with Gasteiger partial charge >= 0.3 is 39.5 Å². The Bertz CT molecular complexity index is 1870. The number of esters is 4. The molecule has 0 spiro atoms. The number of phosphoric acid groups is 2. The molecule has 17 nitrogen and oxygen atoms in total. The van der Waals surface area contributed by atoms with Gasteiger partial charge in [0.15, 0.2) is 12.2 Å². The van der Waals surface area contributed by atoms with E-state index < -0.39 is 97.5 Å². The molecule has 95 heavy (non-hydrogen) atoms. The zero-order valence-electron chi connectivity index (χ0n) is 62.3. The van der Waals surface area contributed by atoms with E-state index in [0.29, 0.717) is 31.6 Å². The summed E-state index contributed by atoms with van der Waals surface area (Å²) in [7, 11) is -9.91. The minimum Gasteiger partial charge on any atom is -0.462 e. The zero-order chi connectivity index (χ0) is 70.3. The number of phosphoric ester groups is 2. The van der Waals surface area contributed by atoms with Crippen molar-refractivity contribution in [3.05, 3.63) is 0 Å². The fourth-order valence-electron chi connectivity index (χ4n) is 11.5. The molecule has 0 heterocycles. The maximum atomic E-state index is 13.1. The molecule has 6 atom stereocenters. The van der Waals surface area contributed by atoms with Gasteiger partial charge in [0, 0.05) is 25.7 Å². The highest BCUT2D eigenvalue weighted by Crippen LogP contribution is 2.45. The smallest absolute Gasteiger partial charge is 0.462 e. The number of carbonyl (C=O) groups excluding carboxylic acids is 4. The number of hydrogen-bond donors (Lipinski definition) is 3. The minimum atomic E-state index is -4.96. The van der Waals surface area contributed by atoms with Crippen LogP contribution in [-0.4, -0.2) is 96.7 Å². The Morgan fingerprint density at radius 1 is 0.295 bits per heavy atom. The Hall–Kier alpha value is -1.94. The second-order valence-electron chi connectivity index (χ2n) is 29.1. The lowest BCUT2D eigenvalue weighted by molar-refractivity contribution is -0.161. The first-order valence-electron chi connectivity index (χ1n) is 39.2. The van der Waals surface area contributed by atoms with Crippen molar-refractivity contribution in [1.29, 1.82) is 0 Å². The van der Waals surface area contributed by atoms with E-state index in [4.69, 9.17) is 37.0 Å². The lowest BCUT2D eigenvalue weighted by Gasteiger charge is -2.21. The van der Waals surface area contributed by atoms with E-state index >= 15 is 0 Å². The molecule has 0 fully saturated rings. The minimum absolute atomic E-state index is 0.104. The first-order valence-corrected chi connectivity index (χ1v) is 42.2. The average Bonchev–Trinajstić information content (AvgIpc) is 1.24. The van der Waals surface area contributed by atoms with E-state index in [2.05, 4.69) is 55.4 Å². The molecule has 0 saturated carbocycles. The molecule has 0 aromatic carbocycles. The Balaban J connectivity index is 5.19. The van der Waals surface area contributed by atoms with Crippen LogP contribution in [0.3, 0.4) is 0 Å². The van der Waals surface area contributed by atoms with Crippen LogP contribution in [0.5, 0.6) is 0 Å². The molecule has 0 aliphatic carbocycles. The molecule has 0 amide bonds. The summed E-state index contributed by atoms with van der Waals surface area (Å²) in [5.41, 5.74) is 0. The van der Waals surface area contributed by atoms with Gasteiger partial charge in [-0.15, -0.1) is 0 Å². The third-order valence-electron chi connectivity index (χ3n) is 17.9. The van der Waals surface area contributed by atoms with E-state index in [1.165, 1.54) is 180 Å². The van der Waals surface area contributed by atoms with Gasteiger partial charge in [-0.25, -0.2) is 9.13 Å². The van der Waals surface area contributed by atoms with E-state index in [1.54, 1.807) is 0 Å². The highest BCUT2D eigenvalue weighted by molar-refractivity contribution is 7.47. The van der Waals surface area contributed by atoms with Gasteiger partial charge < -0.3 is 33.8 Å². The molecular formula is C76H148O17P2. The summed E-state index contributed by atoms with van der Waals surface area (Å²) in [5.74, 6) is 0.916. The van der Waals surface area contributed by atoms with Crippen LogP contribution in [0.25, 0.3) is 0 Å². The van der Waals surface area contributed by atoms with Gasteiger partial charge in [-0.05, 0) is 49.4 Å². The SMILES string of the molecule is CCC(C)CCCCCCCCCCC(=O)OC[C@H](COP(=O)(O)OCC(O)COP(=O)(O)OC[C@@H](COC(=O)CCCCCCCCCC(C)C)OC(=O)CCCCCCCCCCCCCCCCCCCCC(C)C)OC(=O)CCCCCCCCCCCC(C)C. The number of unbranched alkanes of at least 4 members (excludes halogenated alkanes) is 38. The predicted molar refractivity (Wildman–Crippen MR) is 386 cm³/mol. The molecule has 0 rings (SSSR count). The Labute approximate surface area is 581 Å². The van der Waals surface area contributed by atoms with Crippen molar-refractivity contribution < 1.29 is 80.2 Å². The van der Waals surface area contributed by atoms with E-state index in [-0.39, 0.29) is 25.7 Å². The molecule has 0 aliphatic heterocycles. The molecule has 0 aromatic heterocycles. The van der Waals surface area contributed by atoms with Crippen LogP contribution in [0.15, 0.2) is 0 Å². The highest BCUT2D eigenvalue weighted by Gasteiger charge is 2.30. The van der Waals surface area contributed by atoms with Gasteiger partial charge in [0.25, 0.3) is 0 Å². The zero-order valence-corrected chi connectivity index (χ0v) is 64.1. The quantitative estimate of drug-likeness (QED) is 0.0222. The van der Waals surface area contributed by atoms with E-state index in [1.807, 2.05) is 0 Å². The lowest BCUT2D eigenvalue weighted by atomic mass is 9.99. The standard InChI is InChI=1S/C76H148O17P2/c1-9-69(8)55-47-39-31-25-26-32-40-48-56-73(78)86-62-71(93-76(81)59-51-43-34-24-20-22-29-37-45-53-67(4)5)64-90-94(82,83)88-60-70(77)61-89-95(84,85)91-65-72(63-87-74(79)57-49-41-35-27-30-38-46-54-68(6)7)92-75(80)58-50-42-33-23-19-17-15-13-11-10-12-14-16-18-21-28-36-44-52-66(2)3/h66-72,77H,9-65H2,1-8H3,(H,82,83)(H,84,85)/t69?,70?,71-,72-/m1/s1. The number of aliphatic hydroxyl groups excluding tert-OH is 1. The summed E-state index contributed by atoms with van der Waals surface area (Å²) < 4.78 is 68.5. The second kappa shape index (κ2) is 65.4. The van der Waals surface area contributed by atoms with Crippen molar-refractivity contribution in [2.75, 3.05) is 39.6 Å². The van der Waals surface area contributed by atoms with Gasteiger partial charge in [-0.3, -0.25) is 37.3 Å². The Morgan fingerprint density at radius 3 is 0.747 bits per heavy atom. The number of rotatable bonds is 73. The fourth-order valence-corrected chi connectivity index (χ4v) is 13.1. The van der Waals surface area contributed by atoms with Crippen molar-refractivity contribution in [1.82, 2.24) is 0 Å². The molecule has 564 valence electrons. The number of ether oxygens (including phenoxy) is 4. The maximum Gasteiger partial charge on any atom is 0.472 e. The first-order chi connectivity index (χ1) is 45.6. The molecule has 0 aliphatic rings. The lowest BCUT2D eigenvalue weighted by Crippen LogP contribution is -2.30. The van der Waals surface area contributed by atoms with Crippen molar-refractivity contribution >= 4 is 39.5 Å². The average molecular weight is 1400 g/mol. The van der Waals surface area contributed by atoms with Crippen molar-refractivity contribution in [2.24, 2.45) is 23.7 Å². The summed E-state index contributed by atoms with van der Waals surface area (Å²) in [4.78, 5) is 72.7. The summed E-state index contributed by atoms with van der Waals surface area (Å²) in [6.45, 7) is 14.2. The molecule has 3 N–H and O–H groups in total. The van der Waals surface area contributed by atoms with Crippen LogP contribution < -0.4 is 0 Å². The molecule has 0 saturated heterocycles. The van der Waals surface area contributed by atoms with Gasteiger partial charge in [0.2, 0.25) is 0 Å². The van der Waals surface area contributed by atoms with Crippen molar-refractivity contribution in [2.45, 2.75) is 401 Å². The van der Waals surface area contributed by atoms with Gasteiger partial charge in [0.1, 0.15) is 19.3 Å². The van der Waals surface area contributed by atoms with Gasteiger partial charge in [-0.1, -0.05) is 331 Å². The summed E-state index contributed by atoms with van der Waals surface area (Å²) in [6.07, 6.45) is 50.1. The molecule has 0 radical (unpaired) electrons. The molecule has 0 aromatic rings. The largest absolute Gasteiger partial charge is 0.472 e. The van der Waals surface area contributed by atoms with Crippen LogP contribution in [0, 0.1) is 23.7 Å². The normalized spacial score (nSPS) is 14.4. The van der Waals surface area contributed by atoms with E-state index in [9.17, 15) is 43.2 Å². The van der Waals surface area contributed by atoms with Crippen molar-refractivity contribution in [3.8, 4) is 0 Å². The van der Waals surface area contributed by atoms with Gasteiger partial charge in [0.05, 0.1) is 26.4 Å². The number of aliphatic hydroxyl groups is 1. The maximum absolute atomic E-state index is 13.1. The Morgan fingerprint density at radius 2 is 0.505 bits per heavy atom. The third kappa shape index (κ3) is 69.0.